The van der Waals surface area contributed by atoms with E-state index in [0.717, 1.165) is 21.3 Å². The smallest absolute Gasteiger partial charge is 0.316 e. The maximum Gasteiger partial charge on any atom is 0.322 e. The number of pyridine rings is 1. The van der Waals surface area contributed by atoms with Gasteiger partial charge in [-0.05, 0) is 18.2 Å². The normalized spacial score (nSPS) is 22.4. The van der Waals surface area contributed by atoms with Crippen molar-refractivity contribution in [2.75, 3.05) is 0 Å². The minimum absolute atomic E-state index is 0.367. The number of nitrogens with zero attached hydrogens (tertiary/aromatic N) is 1. The van der Waals surface area contributed by atoms with Crippen molar-refractivity contribution in [1.29, 1.82) is 0 Å². The quantitative estimate of drug-likeness (QED) is 0.725. The van der Waals surface area contributed by atoms with E-state index in [0.29, 0.717) is 5.56 Å². The van der Waals surface area contributed by atoms with Crippen molar-refractivity contribution in [3.63, 3.8) is 0 Å². The molecule has 1 aromatic heterocycles. The van der Waals surface area contributed by atoms with Crippen LogP contribution in [0.4, 0.5) is 4.79 Å². The molecule has 1 unspecified atom stereocenters. The summed E-state index contributed by atoms with van der Waals surface area (Å²) in [5, 5.41) is 5.08. The molecule has 98 valence electrons. The van der Waals surface area contributed by atoms with Crippen LogP contribution in [0.2, 0.25) is 0 Å². The van der Waals surface area contributed by atoms with Crippen LogP contribution in [0, 0.1) is 0 Å². The van der Waals surface area contributed by atoms with E-state index in [9.17, 15) is 9.59 Å². The lowest BCUT2D eigenvalue weighted by Gasteiger charge is -2.22. The van der Waals surface area contributed by atoms with Gasteiger partial charge in [0.15, 0.2) is 5.54 Å². The second-order valence-electron chi connectivity index (χ2n) is 4.75. The third-order valence-corrected chi connectivity index (χ3v) is 4.21. The zero-order valence-electron chi connectivity index (χ0n) is 10.1. The van der Waals surface area contributed by atoms with Crippen molar-refractivity contribution in [3.05, 3.63) is 52.1 Å². The molecule has 2 heterocycles. The van der Waals surface area contributed by atoms with E-state index in [4.69, 9.17) is 0 Å². The van der Waals surface area contributed by atoms with Gasteiger partial charge >= 0.3 is 6.03 Å². The van der Waals surface area contributed by atoms with Gasteiger partial charge in [0.05, 0.1) is 5.69 Å². The van der Waals surface area contributed by atoms with E-state index < -0.39 is 11.6 Å². The summed E-state index contributed by atoms with van der Waals surface area (Å²) in [6.07, 6.45) is 1.68. The molecule has 0 bridgehead atoms. The minimum atomic E-state index is -1.17. The van der Waals surface area contributed by atoms with E-state index in [1.165, 1.54) is 0 Å². The third kappa shape index (κ3) is 1.24. The summed E-state index contributed by atoms with van der Waals surface area (Å²) >= 11 is 3.41. The maximum absolute atomic E-state index is 12.4. The Labute approximate surface area is 122 Å². The van der Waals surface area contributed by atoms with Crippen LogP contribution in [0.3, 0.4) is 0 Å². The molecule has 1 aliphatic carbocycles. The molecule has 0 radical (unpaired) electrons. The van der Waals surface area contributed by atoms with Crippen LogP contribution in [-0.2, 0) is 10.3 Å². The van der Waals surface area contributed by atoms with E-state index in [1.807, 2.05) is 24.3 Å². The van der Waals surface area contributed by atoms with Crippen molar-refractivity contribution >= 4 is 27.9 Å². The fourth-order valence-electron chi connectivity index (χ4n) is 2.94. The summed E-state index contributed by atoms with van der Waals surface area (Å²) in [7, 11) is 0. The number of carbonyl (C=O) groups excluding carboxylic acids is 2. The summed E-state index contributed by atoms with van der Waals surface area (Å²) in [5.74, 6) is -0.367. The predicted octanol–water partition coefficient (Wildman–Crippen LogP) is 1.91. The number of nitrogens with one attached hydrogen (secondary N) is 2. The number of halogens is 1. The molecule has 1 aromatic carbocycles. The molecule has 4 rings (SSSR count). The lowest BCUT2D eigenvalue weighted by molar-refractivity contribution is -0.122. The molecule has 2 N–H and O–H groups in total. The van der Waals surface area contributed by atoms with Crippen LogP contribution in [0.15, 0.2) is 41.0 Å². The zero-order chi connectivity index (χ0) is 13.9. The lowest BCUT2D eigenvalue weighted by Crippen LogP contribution is -2.43. The molecule has 20 heavy (non-hydrogen) atoms. The number of amides is 3. The fraction of sp³-hybridized carbons (Fsp3) is 0.0714. The molecule has 1 saturated heterocycles. The Balaban J connectivity index is 2.12. The van der Waals surface area contributed by atoms with E-state index in [1.54, 1.807) is 12.3 Å². The average molecular weight is 330 g/mol. The Morgan fingerprint density at radius 2 is 2.00 bits per heavy atom. The SMILES string of the molecule is O=C1NC(=O)C2(N1)c1cc(Br)ccc1-c1ncccc12. The highest BCUT2D eigenvalue weighted by Gasteiger charge is 2.55. The number of hydrogen-bond donors (Lipinski definition) is 2. The molecule has 6 heteroatoms. The maximum atomic E-state index is 12.4. The van der Waals surface area contributed by atoms with Gasteiger partial charge in [-0.3, -0.25) is 15.1 Å². The minimum Gasteiger partial charge on any atom is -0.316 e. The van der Waals surface area contributed by atoms with Crippen LogP contribution in [0.25, 0.3) is 11.3 Å². The van der Waals surface area contributed by atoms with Gasteiger partial charge < -0.3 is 5.32 Å². The fourth-order valence-corrected chi connectivity index (χ4v) is 3.30. The van der Waals surface area contributed by atoms with Gasteiger partial charge in [0, 0.05) is 27.4 Å². The van der Waals surface area contributed by atoms with Crippen LogP contribution in [0.1, 0.15) is 11.1 Å². The van der Waals surface area contributed by atoms with Crippen LogP contribution in [-0.4, -0.2) is 16.9 Å². The number of urea groups is 1. The average Bonchev–Trinajstić information content (AvgIpc) is 2.88. The molecular weight excluding hydrogens is 322 g/mol. The Bertz CT molecular complexity index is 790. The van der Waals surface area contributed by atoms with Crippen molar-refractivity contribution in [3.8, 4) is 11.3 Å². The van der Waals surface area contributed by atoms with Crippen LogP contribution >= 0.6 is 15.9 Å². The Hall–Kier alpha value is -2.21. The van der Waals surface area contributed by atoms with Crippen molar-refractivity contribution < 1.29 is 9.59 Å². The third-order valence-electron chi connectivity index (χ3n) is 3.72. The molecule has 5 nitrogen and oxygen atoms in total. The molecule has 1 atom stereocenters. The molecule has 0 saturated carbocycles. The molecule has 1 aliphatic heterocycles. The number of carbonyl (C=O) groups is 2. The first-order valence-corrected chi connectivity index (χ1v) is 6.82. The number of fused-ring (bicyclic) bond motifs is 5. The molecule has 1 fully saturated rings. The highest BCUT2D eigenvalue weighted by Crippen LogP contribution is 2.48. The summed E-state index contributed by atoms with van der Waals surface area (Å²) in [4.78, 5) is 28.4. The molecule has 1 spiro atoms. The summed E-state index contributed by atoms with van der Waals surface area (Å²) in [6, 6.07) is 8.74. The standard InChI is InChI=1S/C14H8BrN3O2/c15-7-3-4-8-10(6-7)14(12(19)17-13(20)18-14)9-2-1-5-16-11(8)9/h1-6H,(H2,17,18,19,20). The van der Waals surface area contributed by atoms with Crippen molar-refractivity contribution in [1.82, 2.24) is 15.6 Å². The van der Waals surface area contributed by atoms with Gasteiger partial charge in [0.25, 0.3) is 5.91 Å². The summed E-state index contributed by atoms with van der Waals surface area (Å²) in [5.41, 5.74) is 1.87. The van der Waals surface area contributed by atoms with Gasteiger partial charge in [-0.15, -0.1) is 0 Å². The summed E-state index contributed by atoms with van der Waals surface area (Å²) < 4.78 is 0.845. The van der Waals surface area contributed by atoms with E-state index in [-0.39, 0.29) is 5.91 Å². The first-order chi connectivity index (χ1) is 9.63. The highest BCUT2D eigenvalue weighted by atomic mass is 79.9. The van der Waals surface area contributed by atoms with Crippen LogP contribution < -0.4 is 10.6 Å². The van der Waals surface area contributed by atoms with E-state index >= 15 is 0 Å². The number of aromatic nitrogens is 1. The monoisotopic (exact) mass is 329 g/mol. The number of hydrogen-bond acceptors (Lipinski definition) is 3. The second-order valence-corrected chi connectivity index (χ2v) is 5.66. The second kappa shape index (κ2) is 3.67. The van der Waals surface area contributed by atoms with Gasteiger partial charge in [0.1, 0.15) is 0 Å². The van der Waals surface area contributed by atoms with Gasteiger partial charge in [-0.25, -0.2) is 4.79 Å². The summed E-state index contributed by atoms with van der Waals surface area (Å²) in [6.45, 7) is 0. The van der Waals surface area contributed by atoms with Gasteiger partial charge in [-0.2, -0.15) is 0 Å². The number of benzene rings is 1. The first-order valence-electron chi connectivity index (χ1n) is 6.02. The number of rotatable bonds is 0. The van der Waals surface area contributed by atoms with Crippen molar-refractivity contribution in [2.24, 2.45) is 0 Å². The molecular formula is C14H8BrN3O2. The largest absolute Gasteiger partial charge is 0.322 e. The van der Waals surface area contributed by atoms with Gasteiger partial charge in [-0.1, -0.05) is 28.1 Å². The lowest BCUT2D eigenvalue weighted by atomic mass is 9.88. The highest BCUT2D eigenvalue weighted by molar-refractivity contribution is 9.10. The molecule has 3 amide bonds. The first kappa shape index (κ1) is 11.6. The topological polar surface area (TPSA) is 71.1 Å². The molecule has 2 aromatic rings. The zero-order valence-corrected chi connectivity index (χ0v) is 11.7. The van der Waals surface area contributed by atoms with Crippen LogP contribution in [0.5, 0.6) is 0 Å². The van der Waals surface area contributed by atoms with Gasteiger partial charge in [0.2, 0.25) is 0 Å². The molecule has 2 aliphatic rings. The Kier molecular flexibility index (Phi) is 2.13. The Morgan fingerprint density at radius 3 is 2.75 bits per heavy atom. The van der Waals surface area contributed by atoms with Crippen molar-refractivity contribution in [2.45, 2.75) is 5.54 Å². The Morgan fingerprint density at radius 1 is 1.15 bits per heavy atom. The number of imide groups is 1. The predicted molar refractivity (Wildman–Crippen MR) is 74.8 cm³/mol. The van der Waals surface area contributed by atoms with E-state index in [2.05, 4.69) is 31.5 Å².